The lowest BCUT2D eigenvalue weighted by Gasteiger charge is -2.59. The number of benzene rings is 5. The highest BCUT2D eigenvalue weighted by atomic mass is 32.2. The molecule has 2 aliphatic carbocycles. The first kappa shape index (κ1) is 53.4. The second-order valence-electron chi connectivity index (χ2n) is 18.9. The van der Waals surface area contributed by atoms with Crippen LogP contribution in [0, 0.1) is 38.0 Å². The molecule has 398 valence electrons. The van der Waals surface area contributed by atoms with Crippen LogP contribution in [0.5, 0.6) is 28.7 Å². The minimum Gasteiger partial charge on any atom is -0.493 e. The van der Waals surface area contributed by atoms with Gasteiger partial charge >= 0.3 is 6.09 Å². The van der Waals surface area contributed by atoms with Gasteiger partial charge in [-0.1, -0.05) is 54.4 Å². The summed E-state index contributed by atoms with van der Waals surface area (Å²) in [5, 5.41) is 48.2. The second kappa shape index (κ2) is 24.9. The molecule has 2 heterocycles. The van der Waals surface area contributed by atoms with Crippen molar-refractivity contribution in [2.75, 3.05) is 39.0 Å². The summed E-state index contributed by atoms with van der Waals surface area (Å²) in [7, 11) is 0. The largest absolute Gasteiger partial charge is 0.493 e. The normalized spacial score (nSPS) is 21.3. The van der Waals surface area contributed by atoms with Crippen LogP contribution >= 0.6 is 11.8 Å². The highest BCUT2D eigenvalue weighted by Gasteiger charge is 2.66. The van der Waals surface area contributed by atoms with Gasteiger partial charge in [0.25, 0.3) is 11.4 Å². The summed E-state index contributed by atoms with van der Waals surface area (Å²) in [6.07, 6.45) is 7.04. The Balaban J connectivity index is 1.20. The molecule has 0 spiro atoms. The van der Waals surface area contributed by atoms with Gasteiger partial charge in [0.2, 0.25) is 12.6 Å². The van der Waals surface area contributed by atoms with Crippen molar-refractivity contribution in [1.29, 1.82) is 0 Å². The molecule has 76 heavy (non-hydrogen) atoms. The third kappa shape index (κ3) is 12.1. The second-order valence-corrected chi connectivity index (χ2v) is 20.1. The van der Waals surface area contributed by atoms with Crippen LogP contribution in [-0.4, -0.2) is 87.6 Å². The third-order valence-corrected chi connectivity index (χ3v) is 15.2. The van der Waals surface area contributed by atoms with Crippen molar-refractivity contribution < 1.29 is 58.1 Å². The number of thioether (sulfide) groups is 1. The predicted molar refractivity (Wildman–Crippen MR) is 283 cm³/mol. The SMILES string of the molecule is C=CCO[C@@]12Oc3ccc(OCCSc4ccccc4)cc3[C@H]3[C@H](CCCCO)[C@@H](CCCCO)C=C(C(=NOCc4ccc([N+](=O)[O-])cc4)C[C@@H]1N(Cc1ccc4c(c1)OCO4)C(=O)Oc1ccc([N+](=O)[O-])cc1)[C@H]32. The molecule has 19 heteroatoms. The lowest BCUT2D eigenvalue weighted by Crippen LogP contribution is -2.70. The van der Waals surface area contributed by atoms with Gasteiger partial charge in [-0.25, -0.2) is 4.79 Å². The number of fused-ring (bicyclic) bond motifs is 3. The first-order chi connectivity index (χ1) is 37.1. The monoisotopic (exact) mass is 1060 g/mol. The van der Waals surface area contributed by atoms with E-state index in [0.29, 0.717) is 77.9 Å². The number of ether oxygens (including phenoxy) is 6. The number of unbranched alkanes of at least 4 members (excludes halogenated alkanes) is 2. The summed E-state index contributed by atoms with van der Waals surface area (Å²) in [6.45, 7) is 4.41. The van der Waals surface area contributed by atoms with Crippen molar-refractivity contribution in [2.45, 2.75) is 80.7 Å². The molecule has 0 unspecified atom stereocenters. The van der Waals surface area contributed by atoms with Crippen LogP contribution in [0.15, 0.2) is 150 Å². The number of oxime groups is 1. The van der Waals surface area contributed by atoms with E-state index in [1.165, 1.54) is 41.3 Å². The summed E-state index contributed by atoms with van der Waals surface area (Å²) >= 11 is 1.69. The average molecular weight is 1060 g/mol. The molecule has 5 aromatic rings. The predicted octanol–water partition coefficient (Wildman–Crippen LogP) is 10.9. The number of aliphatic hydroxyl groups is 2. The van der Waals surface area contributed by atoms with Crippen molar-refractivity contribution in [1.82, 2.24) is 4.90 Å². The van der Waals surface area contributed by atoms with Crippen LogP contribution in [-0.2, 0) is 22.7 Å². The molecule has 2 aliphatic heterocycles. The first-order valence-electron chi connectivity index (χ1n) is 25.4. The maximum atomic E-state index is 15.3. The van der Waals surface area contributed by atoms with Crippen molar-refractivity contribution >= 4 is 34.9 Å². The van der Waals surface area contributed by atoms with Crippen molar-refractivity contribution in [2.24, 2.45) is 22.9 Å². The molecule has 0 saturated heterocycles. The Morgan fingerprint density at radius 2 is 1.51 bits per heavy atom. The van der Waals surface area contributed by atoms with Crippen LogP contribution in [0.3, 0.4) is 0 Å². The standard InChI is InChI=1S/C57H60N4O14S/c1-2-28-72-57-53(59(35-39-16-24-51-52(31-39)71-37-70-51)56(64)74-43-21-19-42(20-22-43)61(67)68)34-49(58-73-36-38-14-17-41(18-15-38)60(65)66)47-32-40(10-6-8-26-62)46(13-7-9-27-63)54(55(47)57)48-33-44(23-25-50(48)75-57)69-29-30-76-45-11-4-3-5-12-45/h2-5,11-12,14-25,31-33,40,46,53-55,62-63H,1,6-10,13,26-30,34-37H2/t40-,46+,53-,54+,55+,57+/m0/s1. The Hall–Kier alpha value is -7.45. The van der Waals surface area contributed by atoms with Gasteiger partial charge in [-0.15, -0.1) is 18.3 Å². The van der Waals surface area contributed by atoms with E-state index in [1.807, 2.05) is 42.5 Å². The van der Waals surface area contributed by atoms with Gasteiger partial charge in [0.05, 0.1) is 34.7 Å². The van der Waals surface area contributed by atoms with Crippen molar-refractivity contribution in [3.8, 4) is 28.7 Å². The molecule has 0 bridgehead atoms. The Labute approximate surface area is 444 Å². The maximum Gasteiger partial charge on any atom is 0.416 e. The first-order valence-corrected chi connectivity index (χ1v) is 26.4. The van der Waals surface area contributed by atoms with Crippen molar-refractivity contribution in [3.63, 3.8) is 0 Å². The minimum atomic E-state index is -1.68. The van der Waals surface area contributed by atoms with Crippen LogP contribution in [0.2, 0.25) is 0 Å². The molecular formula is C57H60N4O14S. The highest BCUT2D eigenvalue weighted by Crippen LogP contribution is 2.62. The number of rotatable bonds is 25. The number of nitro groups is 2. The molecule has 1 saturated carbocycles. The zero-order valence-corrected chi connectivity index (χ0v) is 42.6. The van der Waals surface area contributed by atoms with Crippen LogP contribution < -0.4 is 23.7 Å². The van der Waals surface area contributed by atoms with E-state index >= 15 is 4.79 Å². The molecule has 2 N–H and O–H groups in total. The number of carbonyl (C=O) groups is 1. The van der Waals surface area contributed by atoms with E-state index in [4.69, 9.17) is 38.4 Å². The number of carbonyl (C=O) groups excluding carboxylic acids is 1. The van der Waals surface area contributed by atoms with Gasteiger partial charge in [-0.3, -0.25) is 25.1 Å². The van der Waals surface area contributed by atoms with Gasteiger partial charge in [-0.05, 0) is 121 Å². The zero-order valence-electron chi connectivity index (χ0n) is 41.8. The Morgan fingerprint density at radius 3 is 2.24 bits per heavy atom. The quantitative estimate of drug-likeness (QED) is 0.0182. The summed E-state index contributed by atoms with van der Waals surface area (Å²) < 4.78 is 38.7. The summed E-state index contributed by atoms with van der Waals surface area (Å²) in [5.74, 6) is 0.0287. The molecule has 0 radical (unpaired) electrons. The average Bonchev–Trinajstić information content (AvgIpc) is 3.93. The number of nitro benzene ring substituents is 2. The molecule has 0 aromatic heterocycles. The number of amides is 1. The number of allylic oxidation sites excluding steroid dienone is 1. The molecule has 1 fully saturated rings. The lowest BCUT2D eigenvalue weighted by atomic mass is 9.55. The molecular weight excluding hydrogens is 997 g/mol. The fraction of sp³-hybridized carbons (Fsp3) is 0.368. The molecule has 9 rings (SSSR count). The van der Waals surface area contributed by atoms with E-state index < -0.39 is 33.7 Å². The summed E-state index contributed by atoms with van der Waals surface area (Å²) in [6, 6.07) is 31.5. The highest BCUT2D eigenvalue weighted by molar-refractivity contribution is 7.99. The Bertz CT molecular complexity index is 2900. The van der Waals surface area contributed by atoms with Gasteiger partial charge in [0.1, 0.15) is 29.9 Å². The number of hydrogen-bond donors (Lipinski definition) is 2. The number of hydrogen-bond acceptors (Lipinski definition) is 16. The Morgan fingerprint density at radius 1 is 0.829 bits per heavy atom. The number of aliphatic hydroxyl groups excluding tert-OH is 2. The van der Waals surface area contributed by atoms with E-state index in [-0.39, 0.29) is 81.1 Å². The number of non-ortho nitro benzene ring substituents is 2. The van der Waals surface area contributed by atoms with Crippen LogP contribution in [0.1, 0.15) is 67.6 Å². The number of nitrogens with zero attached hydrogens (tertiary/aromatic N) is 4. The smallest absolute Gasteiger partial charge is 0.416 e. The summed E-state index contributed by atoms with van der Waals surface area (Å²) in [5.41, 5.74) is 3.17. The molecule has 18 nitrogen and oxygen atoms in total. The summed E-state index contributed by atoms with van der Waals surface area (Å²) in [4.78, 5) is 46.3. The zero-order chi connectivity index (χ0) is 53.0. The fourth-order valence-electron chi connectivity index (χ4n) is 10.8. The van der Waals surface area contributed by atoms with Crippen LogP contribution in [0.25, 0.3) is 0 Å². The Kier molecular flexibility index (Phi) is 17.5. The minimum absolute atomic E-state index is 0.000515. The molecule has 5 aromatic carbocycles. The van der Waals surface area contributed by atoms with Crippen molar-refractivity contribution in [3.05, 3.63) is 176 Å². The topological polar surface area (TPSA) is 224 Å². The van der Waals surface area contributed by atoms with E-state index in [9.17, 15) is 30.4 Å². The van der Waals surface area contributed by atoms with E-state index in [1.54, 1.807) is 42.1 Å². The van der Waals surface area contributed by atoms with Gasteiger partial charge < -0.3 is 43.5 Å². The van der Waals surface area contributed by atoms with Gasteiger partial charge in [0.15, 0.2) is 11.5 Å². The maximum absolute atomic E-state index is 15.3. The third-order valence-electron chi connectivity index (χ3n) is 14.2. The van der Waals surface area contributed by atoms with Gasteiger partial charge in [-0.2, -0.15) is 0 Å². The lowest BCUT2D eigenvalue weighted by molar-refractivity contribution is -0.385. The molecule has 6 atom stereocenters. The van der Waals surface area contributed by atoms with E-state index in [2.05, 4.69) is 24.8 Å². The molecule has 4 aliphatic rings. The molecule has 1 amide bonds. The fourth-order valence-corrected chi connectivity index (χ4v) is 11.6. The van der Waals surface area contributed by atoms with Crippen LogP contribution in [0.4, 0.5) is 16.2 Å². The van der Waals surface area contributed by atoms with Gasteiger partial charge in [0, 0.05) is 72.6 Å². The van der Waals surface area contributed by atoms with E-state index in [0.717, 1.165) is 28.9 Å².